The quantitative estimate of drug-likeness (QED) is 0.221. The number of ketones is 1. The monoisotopic (exact) mass is 585 g/mol. The number of hydrogen-bond donors (Lipinski definition) is 3. The van der Waals surface area contributed by atoms with Crippen LogP contribution < -0.4 is 11.1 Å². The maximum absolute atomic E-state index is 13.6. The number of carbonyl (C=O) groups is 3. The van der Waals surface area contributed by atoms with Gasteiger partial charge in [0.15, 0.2) is 0 Å². The van der Waals surface area contributed by atoms with Crippen LogP contribution in [-0.2, 0) is 19.1 Å². The Morgan fingerprint density at radius 2 is 2.00 bits per heavy atom. The summed E-state index contributed by atoms with van der Waals surface area (Å²) in [5.41, 5.74) is 4.93. The van der Waals surface area contributed by atoms with E-state index >= 15 is 0 Å². The highest BCUT2D eigenvalue weighted by Crippen LogP contribution is 2.68. The molecule has 1 aromatic heterocycles. The molecule has 3 fully saturated rings. The molecule has 0 radical (unpaired) electrons. The number of aromatic nitrogens is 1. The second kappa shape index (κ2) is 11.8. The summed E-state index contributed by atoms with van der Waals surface area (Å²) in [6.07, 6.45) is 7.22. The van der Waals surface area contributed by atoms with Crippen LogP contribution in [0.4, 0.5) is 5.69 Å². The largest absolute Gasteiger partial charge is 0.461 e. The van der Waals surface area contributed by atoms with Gasteiger partial charge in [-0.2, -0.15) is 0 Å². The van der Waals surface area contributed by atoms with Gasteiger partial charge >= 0.3 is 5.97 Å². The number of thioether (sulfide) groups is 1. The van der Waals surface area contributed by atoms with E-state index in [1.54, 1.807) is 24.5 Å². The highest BCUT2D eigenvalue weighted by Gasteiger charge is 2.68. The number of carbonyl (C=O) groups excluding carboxylic acids is 3. The van der Waals surface area contributed by atoms with Crippen LogP contribution in [-0.4, -0.2) is 51.8 Å². The first-order chi connectivity index (χ1) is 19.2. The fourth-order valence-corrected chi connectivity index (χ4v) is 8.63. The summed E-state index contributed by atoms with van der Waals surface area (Å²) >= 11 is 1.27. The zero-order chi connectivity index (χ0) is 30.3. The second-order valence-electron chi connectivity index (χ2n) is 13.5. The fourth-order valence-electron chi connectivity index (χ4n) is 7.93. The summed E-state index contributed by atoms with van der Waals surface area (Å²) in [7, 11) is 0. The number of ether oxygens (including phenoxy) is 1. The smallest absolute Gasteiger partial charge is 0.316 e. The molecule has 1 aromatic rings. The molecule has 8 nitrogen and oxygen atoms in total. The molecule has 0 aromatic carbocycles. The number of aliphatic hydroxyl groups is 1. The molecule has 226 valence electrons. The van der Waals surface area contributed by atoms with E-state index in [0.29, 0.717) is 23.4 Å². The molecule has 3 saturated carbocycles. The number of aliphatic hydroxyl groups excluding tert-OH is 1. The Morgan fingerprint density at radius 3 is 2.66 bits per heavy atom. The molecule has 4 N–H and O–H groups in total. The van der Waals surface area contributed by atoms with Gasteiger partial charge in [0.25, 0.3) is 0 Å². The van der Waals surface area contributed by atoms with Crippen LogP contribution in [0.15, 0.2) is 36.0 Å². The molecule has 0 saturated heterocycles. The molecule has 0 spiro atoms. The van der Waals surface area contributed by atoms with Gasteiger partial charge in [-0.1, -0.05) is 47.6 Å². The van der Waals surface area contributed by atoms with Crippen molar-refractivity contribution >= 4 is 35.1 Å². The Labute approximate surface area is 248 Å². The van der Waals surface area contributed by atoms with Gasteiger partial charge in [0.05, 0.1) is 29.8 Å². The van der Waals surface area contributed by atoms with Crippen molar-refractivity contribution in [2.24, 2.45) is 45.7 Å². The van der Waals surface area contributed by atoms with Gasteiger partial charge < -0.3 is 20.9 Å². The Hall–Kier alpha value is -2.23. The molecular weight excluding hydrogens is 538 g/mol. The predicted octanol–water partition coefficient (Wildman–Crippen LogP) is 5.00. The number of hydrogen-bond acceptors (Lipinski definition) is 8. The van der Waals surface area contributed by atoms with E-state index in [1.165, 1.54) is 11.8 Å². The summed E-state index contributed by atoms with van der Waals surface area (Å²) in [6.45, 7) is 16.2. The van der Waals surface area contributed by atoms with Crippen molar-refractivity contribution in [2.45, 2.75) is 96.8 Å². The number of rotatable bonds is 8. The standard InChI is InChI=1S/C32H47N3O5S/c1-8-30(6)14-24(31(7)19(4)9-11-32(20(5)28(30)38)12-10-23(36)27(31)32)40-25(37)17-41-22-13-21(15-34-16-22)35-29(39)26(33)18(2)3/h8,13,15-16,18-20,24,26-28,38H,1,9-12,14,17,33H2,2-7H3,(H,35,39)/t19-,20+,24-,26+,27+,28+,30-,31+,32+/m1/s1. The van der Waals surface area contributed by atoms with Crippen LogP contribution in [0.25, 0.3) is 0 Å². The number of pyridine rings is 1. The van der Waals surface area contributed by atoms with E-state index in [4.69, 9.17) is 10.5 Å². The van der Waals surface area contributed by atoms with Crippen molar-refractivity contribution in [3.05, 3.63) is 31.1 Å². The summed E-state index contributed by atoms with van der Waals surface area (Å²) in [6, 6.07) is 1.12. The zero-order valence-electron chi connectivity index (χ0n) is 25.3. The molecule has 2 bridgehead atoms. The number of nitrogens with zero attached hydrogens (tertiary/aromatic N) is 1. The van der Waals surface area contributed by atoms with Gasteiger partial charge in [-0.3, -0.25) is 19.4 Å². The third-order valence-electron chi connectivity index (χ3n) is 10.9. The minimum Gasteiger partial charge on any atom is -0.461 e. The van der Waals surface area contributed by atoms with Gasteiger partial charge in [0.1, 0.15) is 11.9 Å². The average molecular weight is 586 g/mol. The summed E-state index contributed by atoms with van der Waals surface area (Å²) in [4.78, 5) is 44.3. The lowest BCUT2D eigenvalue weighted by Gasteiger charge is -2.61. The molecule has 9 atom stereocenters. The van der Waals surface area contributed by atoms with Crippen LogP contribution in [0.3, 0.4) is 0 Å². The summed E-state index contributed by atoms with van der Waals surface area (Å²) in [5.74, 6) is -0.568. The molecule has 41 heavy (non-hydrogen) atoms. The maximum Gasteiger partial charge on any atom is 0.316 e. The van der Waals surface area contributed by atoms with Crippen molar-refractivity contribution in [3.8, 4) is 0 Å². The molecule has 3 aliphatic carbocycles. The molecule has 0 aliphatic heterocycles. The van der Waals surface area contributed by atoms with Crippen LogP contribution in [0.2, 0.25) is 0 Å². The zero-order valence-corrected chi connectivity index (χ0v) is 26.1. The summed E-state index contributed by atoms with van der Waals surface area (Å²) < 4.78 is 6.32. The Kier molecular flexibility index (Phi) is 9.13. The molecular formula is C32H47N3O5S. The molecule has 4 rings (SSSR count). The van der Waals surface area contributed by atoms with Crippen molar-refractivity contribution in [3.63, 3.8) is 0 Å². The number of nitrogens with one attached hydrogen (secondary N) is 1. The van der Waals surface area contributed by atoms with Crippen LogP contribution in [0.1, 0.15) is 73.6 Å². The van der Waals surface area contributed by atoms with Gasteiger partial charge in [-0.05, 0) is 54.9 Å². The van der Waals surface area contributed by atoms with Gasteiger partial charge in [0, 0.05) is 34.3 Å². The Balaban J connectivity index is 1.55. The minimum atomic E-state index is -0.699. The average Bonchev–Trinajstić information content (AvgIpc) is 3.29. The van der Waals surface area contributed by atoms with E-state index in [0.717, 1.165) is 19.3 Å². The SMILES string of the molecule is C=C[C@]1(C)C[C@@H](OC(=O)CSc2cncc(NC(=O)[C@@H](N)C(C)C)c2)[C@]2(C)[C@H](C)CC[C@]3(CCC(=O)[C@H]32)[C@@H](C)[C@@H]1O. The van der Waals surface area contributed by atoms with Crippen LogP contribution >= 0.6 is 11.8 Å². The minimum absolute atomic E-state index is 0.00531. The first-order valence-electron chi connectivity index (χ1n) is 14.9. The Morgan fingerprint density at radius 1 is 1.29 bits per heavy atom. The van der Waals surface area contributed by atoms with Crippen molar-refractivity contribution in [1.82, 2.24) is 4.98 Å². The van der Waals surface area contributed by atoms with E-state index in [2.05, 4.69) is 37.7 Å². The molecule has 3 aliphatic rings. The highest BCUT2D eigenvalue weighted by atomic mass is 32.2. The third-order valence-corrected chi connectivity index (χ3v) is 11.9. The normalized spacial score (nSPS) is 37.5. The third kappa shape index (κ3) is 5.62. The molecule has 1 amide bonds. The van der Waals surface area contributed by atoms with E-state index in [-0.39, 0.29) is 52.5 Å². The topological polar surface area (TPSA) is 132 Å². The summed E-state index contributed by atoms with van der Waals surface area (Å²) in [5, 5.41) is 14.5. The lowest BCUT2D eigenvalue weighted by atomic mass is 9.44. The lowest BCUT2D eigenvalue weighted by molar-refractivity contribution is -0.205. The first kappa shape index (κ1) is 31.7. The number of nitrogens with two attached hydrogens (primary N) is 1. The van der Waals surface area contributed by atoms with Crippen LogP contribution in [0.5, 0.6) is 0 Å². The Bertz CT molecular complexity index is 1190. The van der Waals surface area contributed by atoms with Crippen molar-refractivity contribution in [1.29, 1.82) is 0 Å². The van der Waals surface area contributed by atoms with E-state index in [1.807, 2.05) is 20.8 Å². The van der Waals surface area contributed by atoms with Gasteiger partial charge in [-0.15, -0.1) is 18.3 Å². The number of Topliss-reactive ketones (excluding diaryl/α,β-unsaturated/α-hetero) is 1. The van der Waals surface area contributed by atoms with Crippen molar-refractivity contribution in [2.75, 3.05) is 11.1 Å². The van der Waals surface area contributed by atoms with E-state index < -0.39 is 29.1 Å². The number of esters is 1. The van der Waals surface area contributed by atoms with Crippen molar-refractivity contribution < 1.29 is 24.2 Å². The number of amides is 1. The van der Waals surface area contributed by atoms with E-state index in [9.17, 15) is 19.5 Å². The van der Waals surface area contributed by atoms with Crippen LogP contribution in [0, 0.1) is 39.9 Å². The van der Waals surface area contributed by atoms with Gasteiger partial charge in [0.2, 0.25) is 5.91 Å². The fraction of sp³-hybridized carbons (Fsp3) is 0.688. The second-order valence-corrected chi connectivity index (χ2v) is 14.6. The lowest BCUT2D eigenvalue weighted by Crippen LogP contribution is -2.63. The maximum atomic E-state index is 13.6. The molecule has 0 unspecified atom stereocenters. The first-order valence-corrected chi connectivity index (χ1v) is 15.9. The number of anilines is 1. The predicted molar refractivity (Wildman–Crippen MR) is 161 cm³/mol. The molecule has 9 heteroatoms. The molecule has 1 heterocycles. The van der Waals surface area contributed by atoms with Gasteiger partial charge in [-0.25, -0.2) is 0 Å². The highest BCUT2D eigenvalue weighted by molar-refractivity contribution is 8.00.